The Morgan fingerprint density at radius 2 is 1.56 bits per heavy atom. The monoisotopic (exact) mass is 531 g/mol. The molecule has 198 valence electrons. The van der Waals surface area contributed by atoms with Crippen LogP contribution in [0, 0.1) is 22.7 Å². The summed E-state index contributed by atoms with van der Waals surface area (Å²) in [5, 5.41) is 20.1. The van der Waals surface area contributed by atoms with Crippen LogP contribution < -0.4 is 0 Å². The van der Waals surface area contributed by atoms with Gasteiger partial charge in [0.1, 0.15) is 5.25 Å². The zero-order valence-corrected chi connectivity index (χ0v) is 23.9. The highest BCUT2D eigenvalue weighted by atomic mass is 32.2. The Hall–Kier alpha value is -1.60. The minimum atomic E-state index is -1.25. The molecule has 2 aliphatic carbocycles. The molecule has 0 spiro atoms. The maximum Gasteiger partial charge on any atom is 0.318 e. The van der Waals surface area contributed by atoms with Crippen molar-refractivity contribution < 1.29 is 19.8 Å². The van der Waals surface area contributed by atoms with E-state index in [9.17, 15) is 19.8 Å². The molecule has 2 N–H and O–H groups in total. The Bertz CT molecular complexity index is 1090. The first-order valence-corrected chi connectivity index (χ1v) is 15.1. The SMILES string of the molecule is CC(C)(C)CC(C)(C)c1ccc2nc(SC(C(=O)O)C(C(=O)O)(C3CCCC3)C3CCCC3)sc2c1. The van der Waals surface area contributed by atoms with Crippen LogP contribution in [-0.2, 0) is 15.0 Å². The summed E-state index contributed by atoms with van der Waals surface area (Å²) in [6.45, 7) is 11.3. The summed E-state index contributed by atoms with van der Waals surface area (Å²) in [6, 6.07) is 6.36. The zero-order valence-electron chi connectivity index (χ0n) is 22.3. The largest absolute Gasteiger partial charge is 0.481 e. The van der Waals surface area contributed by atoms with Crippen LogP contribution in [0.15, 0.2) is 22.5 Å². The van der Waals surface area contributed by atoms with Gasteiger partial charge >= 0.3 is 11.9 Å². The quantitative estimate of drug-likeness (QED) is 0.319. The Balaban J connectivity index is 1.71. The predicted octanol–water partition coefficient (Wildman–Crippen LogP) is 8.01. The second-order valence-electron chi connectivity index (χ2n) is 12.8. The average molecular weight is 532 g/mol. The molecule has 1 aromatic heterocycles. The van der Waals surface area contributed by atoms with E-state index >= 15 is 0 Å². The third-order valence-corrected chi connectivity index (χ3v) is 10.9. The molecule has 1 aromatic carbocycles. The van der Waals surface area contributed by atoms with Crippen LogP contribution in [0.4, 0.5) is 0 Å². The maximum absolute atomic E-state index is 13.1. The van der Waals surface area contributed by atoms with E-state index in [4.69, 9.17) is 4.98 Å². The molecular formula is C29H41NO4S2. The minimum Gasteiger partial charge on any atom is -0.481 e. The van der Waals surface area contributed by atoms with Crippen molar-refractivity contribution in [2.45, 2.75) is 107 Å². The molecule has 1 unspecified atom stereocenters. The molecule has 2 aromatic rings. The van der Waals surface area contributed by atoms with E-state index in [1.54, 1.807) is 0 Å². The fraction of sp³-hybridized carbons (Fsp3) is 0.690. The van der Waals surface area contributed by atoms with Crippen LogP contribution in [0.25, 0.3) is 10.2 Å². The van der Waals surface area contributed by atoms with E-state index in [0.29, 0.717) is 4.34 Å². The molecule has 2 saturated carbocycles. The van der Waals surface area contributed by atoms with Crippen LogP contribution in [-0.4, -0.2) is 32.4 Å². The summed E-state index contributed by atoms with van der Waals surface area (Å²) in [6.07, 6.45) is 8.19. The van der Waals surface area contributed by atoms with Gasteiger partial charge in [-0.25, -0.2) is 4.98 Å². The Labute approximate surface area is 223 Å². The molecule has 1 atom stereocenters. The zero-order chi connectivity index (χ0) is 26.3. The summed E-state index contributed by atoms with van der Waals surface area (Å²) < 4.78 is 1.69. The number of aliphatic carboxylic acids is 2. The molecule has 0 bridgehead atoms. The number of fused-ring (bicyclic) bond motifs is 1. The van der Waals surface area contributed by atoms with Gasteiger partial charge in [0.2, 0.25) is 0 Å². The van der Waals surface area contributed by atoms with Crippen LogP contribution in [0.1, 0.15) is 98.0 Å². The number of thioether (sulfide) groups is 1. The Morgan fingerprint density at radius 3 is 2.03 bits per heavy atom. The van der Waals surface area contributed by atoms with Crippen molar-refractivity contribution in [1.82, 2.24) is 4.98 Å². The standard InChI is InChI=1S/C29H41NO4S2/c1-27(2,3)17-28(4,5)20-14-15-21-22(16-20)35-26(30-21)36-23(24(31)32)29(25(33)34,18-10-6-7-11-18)19-12-8-9-13-19/h14-16,18-19,23H,6-13,17H2,1-5H3,(H,31,32)(H,33,34). The highest BCUT2D eigenvalue weighted by molar-refractivity contribution is 8.02. The van der Waals surface area contributed by atoms with E-state index in [-0.39, 0.29) is 22.7 Å². The molecule has 0 amide bonds. The van der Waals surface area contributed by atoms with Crippen LogP contribution in [0.2, 0.25) is 0 Å². The smallest absolute Gasteiger partial charge is 0.318 e. The lowest BCUT2D eigenvalue weighted by atomic mass is 9.62. The topological polar surface area (TPSA) is 87.5 Å². The number of carboxylic acid groups (broad SMARTS) is 2. The maximum atomic E-state index is 13.1. The average Bonchev–Trinajstić information content (AvgIpc) is 3.53. The molecule has 36 heavy (non-hydrogen) atoms. The molecule has 2 fully saturated rings. The van der Waals surface area contributed by atoms with Crippen molar-refractivity contribution in [3.63, 3.8) is 0 Å². The number of aromatic nitrogens is 1. The summed E-state index contributed by atoms with van der Waals surface area (Å²) in [5.41, 5.74) is 1.04. The number of carbonyl (C=O) groups is 2. The van der Waals surface area contributed by atoms with Gasteiger partial charge in [0, 0.05) is 0 Å². The Kier molecular flexibility index (Phi) is 7.83. The summed E-state index contributed by atoms with van der Waals surface area (Å²) >= 11 is 2.68. The van der Waals surface area contributed by atoms with E-state index in [0.717, 1.165) is 68.0 Å². The molecule has 0 aliphatic heterocycles. The third kappa shape index (κ3) is 5.33. The molecule has 1 heterocycles. The van der Waals surface area contributed by atoms with Gasteiger partial charge in [-0.2, -0.15) is 0 Å². The van der Waals surface area contributed by atoms with Crippen molar-refractivity contribution in [3.05, 3.63) is 23.8 Å². The second kappa shape index (κ2) is 10.3. The molecule has 4 rings (SSSR count). The molecule has 2 aliphatic rings. The summed E-state index contributed by atoms with van der Waals surface area (Å²) in [5.74, 6) is -2.13. The van der Waals surface area contributed by atoms with Crippen molar-refractivity contribution >= 4 is 45.3 Å². The molecule has 0 saturated heterocycles. The molecule has 0 radical (unpaired) electrons. The third-order valence-electron chi connectivity index (χ3n) is 8.43. The first-order chi connectivity index (χ1) is 16.8. The van der Waals surface area contributed by atoms with Crippen molar-refractivity contribution in [2.24, 2.45) is 22.7 Å². The van der Waals surface area contributed by atoms with Gasteiger partial charge < -0.3 is 10.2 Å². The minimum absolute atomic E-state index is 0.00323. The van der Waals surface area contributed by atoms with Crippen LogP contribution in [0.5, 0.6) is 0 Å². The number of carboxylic acids is 2. The van der Waals surface area contributed by atoms with Crippen molar-refractivity contribution in [2.75, 3.05) is 0 Å². The van der Waals surface area contributed by atoms with Gasteiger partial charge in [0.25, 0.3) is 0 Å². The summed E-state index contributed by atoms with van der Waals surface area (Å²) in [7, 11) is 0. The lowest BCUT2D eigenvalue weighted by molar-refractivity contribution is -0.163. The number of hydrogen-bond acceptors (Lipinski definition) is 5. The number of nitrogens with zero attached hydrogens (tertiary/aromatic N) is 1. The fourth-order valence-electron chi connectivity index (χ4n) is 7.29. The Morgan fingerprint density at radius 1 is 1.00 bits per heavy atom. The number of rotatable bonds is 9. The fourth-order valence-corrected chi connectivity index (χ4v) is 9.91. The van der Waals surface area contributed by atoms with Gasteiger partial charge in [-0.1, -0.05) is 78.1 Å². The lowest BCUT2D eigenvalue weighted by Crippen LogP contribution is -2.54. The number of benzene rings is 1. The van der Waals surface area contributed by atoms with Gasteiger partial charge in [0.15, 0.2) is 4.34 Å². The first-order valence-electron chi connectivity index (χ1n) is 13.4. The molecule has 5 nitrogen and oxygen atoms in total. The van der Waals surface area contributed by atoms with E-state index < -0.39 is 22.6 Å². The van der Waals surface area contributed by atoms with E-state index in [2.05, 4.69) is 46.8 Å². The number of thiazole rings is 1. The lowest BCUT2D eigenvalue weighted by Gasteiger charge is -2.43. The van der Waals surface area contributed by atoms with Crippen molar-refractivity contribution in [1.29, 1.82) is 0 Å². The second-order valence-corrected chi connectivity index (χ2v) is 15.2. The van der Waals surface area contributed by atoms with Crippen LogP contribution in [0.3, 0.4) is 0 Å². The first kappa shape index (κ1) is 27.4. The van der Waals surface area contributed by atoms with E-state index in [1.165, 1.54) is 28.7 Å². The van der Waals surface area contributed by atoms with Crippen LogP contribution >= 0.6 is 23.1 Å². The highest BCUT2D eigenvalue weighted by Crippen LogP contribution is 2.57. The summed E-state index contributed by atoms with van der Waals surface area (Å²) in [4.78, 5) is 30.7. The van der Waals surface area contributed by atoms with Gasteiger partial charge in [-0.05, 0) is 72.5 Å². The number of hydrogen-bond donors (Lipinski definition) is 2. The molecular weight excluding hydrogens is 490 g/mol. The van der Waals surface area contributed by atoms with Gasteiger partial charge in [0.05, 0.1) is 15.6 Å². The van der Waals surface area contributed by atoms with Gasteiger partial charge in [-0.3, -0.25) is 9.59 Å². The van der Waals surface area contributed by atoms with Crippen molar-refractivity contribution in [3.8, 4) is 0 Å². The normalized spacial score (nSPS) is 19.2. The predicted molar refractivity (Wildman–Crippen MR) is 148 cm³/mol. The van der Waals surface area contributed by atoms with E-state index in [1.807, 2.05) is 6.07 Å². The van der Waals surface area contributed by atoms with Gasteiger partial charge in [-0.15, -0.1) is 11.3 Å². The highest BCUT2D eigenvalue weighted by Gasteiger charge is 2.60. The molecule has 7 heteroatoms.